The third kappa shape index (κ3) is 4.94. The monoisotopic (exact) mass is 331 g/mol. The molecular weight excluding hydrogens is 310 g/mol. The van der Waals surface area contributed by atoms with Crippen molar-refractivity contribution in [2.24, 2.45) is 0 Å². The molecule has 1 amide bonds. The number of ether oxygens (including phenoxy) is 1. The first kappa shape index (κ1) is 17.2. The molecule has 23 heavy (non-hydrogen) atoms. The summed E-state index contributed by atoms with van der Waals surface area (Å²) in [4.78, 5) is 12.8. The van der Waals surface area contributed by atoms with Crippen molar-refractivity contribution < 1.29 is 14.6 Å². The molecule has 1 heterocycles. The first-order valence-corrected chi connectivity index (χ1v) is 8.35. The van der Waals surface area contributed by atoms with Gasteiger partial charge >= 0.3 is 0 Å². The molecule has 0 spiro atoms. The second kappa shape index (κ2) is 7.94. The summed E-state index contributed by atoms with van der Waals surface area (Å²) in [5, 5.41) is 15.0. The number of aliphatic hydroxyl groups is 1. The lowest BCUT2D eigenvalue weighted by atomic mass is 10.1. The Morgan fingerprint density at radius 1 is 1.35 bits per heavy atom. The predicted octanol–water partition coefficient (Wildman–Crippen LogP) is 3.18. The summed E-state index contributed by atoms with van der Waals surface area (Å²) in [5.41, 5.74) is -0.226. The molecule has 0 saturated heterocycles. The van der Waals surface area contributed by atoms with E-state index in [0.717, 1.165) is 16.2 Å². The normalized spacial score (nSPS) is 13.7. The maximum Gasteiger partial charge on any atom is 0.244 e. The van der Waals surface area contributed by atoms with E-state index in [2.05, 4.69) is 5.32 Å². The molecule has 0 aliphatic heterocycles. The molecule has 2 rings (SSSR count). The van der Waals surface area contributed by atoms with Crippen LogP contribution in [0.25, 0.3) is 6.08 Å². The zero-order chi connectivity index (χ0) is 16.7. The second-order valence-corrected chi connectivity index (χ2v) is 6.22. The van der Waals surface area contributed by atoms with Gasteiger partial charge in [0.2, 0.25) is 5.91 Å². The van der Waals surface area contributed by atoms with Crippen LogP contribution in [0.3, 0.4) is 0 Å². The molecule has 0 saturated carbocycles. The van der Waals surface area contributed by atoms with Crippen LogP contribution in [0, 0.1) is 0 Å². The molecule has 1 aromatic heterocycles. The number of rotatable bonds is 7. The molecule has 0 fully saturated rings. The van der Waals surface area contributed by atoms with Gasteiger partial charge in [-0.3, -0.25) is 4.79 Å². The fourth-order valence-electron chi connectivity index (χ4n) is 2.06. The average Bonchev–Trinajstić information content (AvgIpc) is 3.08. The lowest BCUT2D eigenvalue weighted by molar-refractivity contribution is -0.117. The fraction of sp³-hybridized carbons (Fsp3) is 0.278. The van der Waals surface area contributed by atoms with Gasteiger partial charge in [0.1, 0.15) is 11.4 Å². The van der Waals surface area contributed by atoms with Crippen molar-refractivity contribution >= 4 is 23.3 Å². The summed E-state index contributed by atoms with van der Waals surface area (Å²) in [5.74, 6) is 0.484. The number of hydrogen-bond donors (Lipinski definition) is 2. The number of amides is 1. The predicted molar refractivity (Wildman–Crippen MR) is 93.5 cm³/mol. The lowest BCUT2D eigenvalue weighted by Crippen LogP contribution is -2.37. The zero-order valence-corrected chi connectivity index (χ0v) is 14.1. The topological polar surface area (TPSA) is 58.6 Å². The van der Waals surface area contributed by atoms with E-state index in [0.29, 0.717) is 6.61 Å². The molecule has 0 aliphatic rings. The van der Waals surface area contributed by atoms with E-state index in [1.54, 1.807) is 13.0 Å². The highest BCUT2D eigenvalue weighted by molar-refractivity contribution is 7.10. The van der Waals surface area contributed by atoms with Crippen LogP contribution in [0.15, 0.2) is 47.9 Å². The first-order chi connectivity index (χ1) is 11.0. The smallest absolute Gasteiger partial charge is 0.244 e. The lowest BCUT2D eigenvalue weighted by Gasteiger charge is -2.21. The van der Waals surface area contributed by atoms with Gasteiger partial charge in [0, 0.05) is 16.5 Å². The fourth-order valence-corrected chi connectivity index (χ4v) is 2.85. The Bertz CT molecular complexity index is 663. The minimum atomic E-state index is -1.07. The van der Waals surface area contributed by atoms with Gasteiger partial charge in [0.15, 0.2) is 0 Å². The first-order valence-electron chi connectivity index (χ1n) is 7.47. The number of carbonyl (C=O) groups is 1. The Morgan fingerprint density at radius 3 is 2.83 bits per heavy atom. The highest BCUT2D eigenvalue weighted by Crippen LogP contribution is 2.24. The van der Waals surface area contributed by atoms with Crippen molar-refractivity contribution in [3.63, 3.8) is 0 Å². The highest BCUT2D eigenvalue weighted by Gasteiger charge is 2.24. The minimum absolute atomic E-state index is 0.157. The van der Waals surface area contributed by atoms with Crippen LogP contribution in [-0.2, 0) is 10.4 Å². The van der Waals surface area contributed by atoms with E-state index in [1.165, 1.54) is 17.4 Å². The summed E-state index contributed by atoms with van der Waals surface area (Å²) < 4.78 is 5.51. The van der Waals surface area contributed by atoms with Crippen LogP contribution in [-0.4, -0.2) is 24.2 Å². The quantitative estimate of drug-likeness (QED) is 0.766. The molecule has 122 valence electrons. The molecule has 4 nitrogen and oxygen atoms in total. The maximum atomic E-state index is 12.0. The maximum absolute atomic E-state index is 12.0. The number of nitrogens with one attached hydrogen (secondary N) is 1. The van der Waals surface area contributed by atoms with Gasteiger partial charge in [0.25, 0.3) is 0 Å². The Labute approximate surface area is 140 Å². The van der Waals surface area contributed by atoms with Gasteiger partial charge in [-0.05, 0) is 37.4 Å². The summed E-state index contributed by atoms with van der Waals surface area (Å²) in [6.45, 7) is 4.33. The number of hydrogen-bond acceptors (Lipinski definition) is 4. The summed E-state index contributed by atoms with van der Waals surface area (Å²) in [6.07, 6.45) is 3.16. The van der Waals surface area contributed by atoms with E-state index in [1.807, 2.05) is 48.7 Å². The van der Waals surface area contributed by atoms with Gasteiger partial charge in [-0.25, -0.2) is 0 Å². The van der Waals surface area contributed by atoms with Crippen LogP contribution in [0.4, 0.5) is 0 Å². The van der Waals surface area contributed by atoms with Crippen molar-refractivity contribution in [1.29, 1.82) is 0 Å². The van der Waals surface area contributed by atoms with Crippen molar-refractivity contribution in [3.05, 3.63) is 58.3 Å². The van der Waals surface area contributed by atoms with E-state index >= 15 is 0 Å². The van der Waals surface area contributed by atoms with Crippen LogP contribution in [0.5, 0.6) is 5.75 Å². The average molecular weight is 331 g/mol. The Kier molecular flexibility index (Phi) is 5.96. The van der Waals surface area contributed by atoms with Gasteiger partial charge in [-0.15, -0.1) is 11.3 Å². The minimum Gasteiger partial charge on any atom is -0.493 e. The van der Waals surface area contributed by atoms with Gasteiger partial charge < -0.3 is 15.2 Å². The second-order valence-electron chi connectivity index (χ2n) is 5.27. The standard InChI is InChI=1S/C18H21NO3S/c1-3-22-15-8-5-4-7-14(15)10-11-17(20)19-13-18(2,21)16-9-6-12-23-16/h4-12,21H,3,13H2,1-2H3,(H,19,20). The van der Waals surface area contributed by atoms with Crippen molar-refractivity contribution in [1.82, 2.24) is 5.32 Å². The number of benzene rings is 1. The molecule has 2 N–H and O–H groups in total. The third-order valence-corrected chi connectivity index (χ3v) is 4.41. The Balaban J connectivity index is 1.95. The van der Waals surface area contributed by atoms with Gasteiger partial charge in [-0.1, -0.05) is 24.3 Å². The van der Waals surface area contributed by atoms with E-state index in [-0.39, 0.29) is 12.5 Å². The zero-order valence-electron chi connectivity index (χ0n) is 13.3. The van der Waals surface area contributed by atoms with Crippen LogP contribution >= 0.6 is 11.3 Å². The van der Waals surface area contributed by atoms with Crippen LogP contribution in [0.2, 0.25) is 0 Å². The van der Waals surface area contributed by atoms with Crippen molar-refractivity contribution in [2.75, 3.05) is 13.2 Å². The van der Waals surface area contributed by atoms with E-state index < -0.39 is 5.60 Å². The summed E-state index contributed by atoms with van der Waals surface area (Å²) in [6, 6.07) is 11.3. The number of para-hydroxylation sites is 1. The van der Waals surface area contributed by atoms with E-state index in [9.17, 15) is 9.90 Å². The summed E-state index contributed by atoms with van der Waals surface area (Å²) in [7, 11) is 0. The highest BCUT2D eigenvalue weighted by atomic mass is 32.1. The van der Waals surface area contributed by atoms with Gasteiger partial charge in [-0.2, -0.15) is 0 Å². The molecule has 2 aromatic rings. The molecule has 0 radical (unpaired) electrons. The third-order valence-electron chi connectivity index (χ3n) is 3.29. The Hall–Kier alpha value is -2.11. The molecule has 1 atom stereocenters. The van der Waals surface area contributed by atoms with Crippen LogP contribution < -0.4 is 10.1 Å². The van der Waals surface area contributed by atoms with Crippen LogP contribution in [0.1, 0.15) is 24.3 Å². The molecule has 1 unspecified atom stereocenters. The number of thiophene rings is 1. The van der Waals surface area contributed by atoms with Crippen molar-refractivity contribution in [2.45, 2.75) is 19.4 Å². The SMILES string of the molecule is CCOc1ccccc1C=CC(=O)NCC(C)(O)c1cccs1. The van der Waals surface area contributed by atoms with Crippen molar-refractivity contribution in [3.8, 4) is 5.75 Å². The molecule has 0 aliphatic carbocycles. The molecule has 0 bridgehead atoms. The number of carbonyl (C=O) groups excluding carboxylic acids is 1. The molecule has 5 heteroatoms. The molecule has 1 aromatic carbocycles. The van der Waals surface area contributed by atoms with E-state index in [4.69, 9.17) is 4.74 Å². The summed E-state index contributed by atoms with van der Waals surface area (Å²) >= 11 is 1.46. The molecular formula is C18H21NO3S. The Morgan fingerprint density at radius 2 is 2.13 bits per heavy atom. The van der Waals surface area contributed by atoms with Gasteiger partial charge in [0.05, 0.1) is 13.2 Å². The largest absolute Gasteiger partial charge is 0.493 e.